The standard InChI is InChI=1S/C10H10N2O3/c1-11-9-5-4-8(3-2-6-13)7-10(9)12(14)15/h2-7,11H,1H3. The van der Waals surface area contributed by atoms with Crippen LogP contribution in [0.5, 0.6) is 0 Å². The fraction of sp³-hybridized carbons (Fsp3) is 0.100. The molecular weight excluding hydrogens is 196 g/mol. The predicted octanol–water partition coefficient (Wildman–Crippen LogP) is 1.85. The van der Waals surface area contributed by atoms with Crippen LogP contribution in [0.2, 0.25) is 0 Å². The summed E-state index contributed by atoms with van der Waals surface area (Å²) in [6.07, 6.45) is 3.43. The van der Waals surface area contributed by atoms with Crippen molar-refractivity contribution in [3.05, 3.63) is 40.0 Å². The van der Waals surface area contributed by atoms with Gasteiger partial charge in [-0.15, -0.1) is 0 Å². The lowest BCUT2D eigenvalue weighted by Gasteiger charge is -2.02. The Kier molecular flexibility index (Phi) is 3.56. The van der Waals surface area contributed by atoms with Gasteiger partial charge in [0, 0.05) is 13.1 Å². The number of carbonyl (C=O) groups excluding carboxylic acids is 1. The van der Waals surface area contributed by atoms with Gasteiger partial charge in [-0.2, -0.15) is 0 Å². The van der Waals surface area contributed by atoms with E-state index in [1.165, 1.54) is 18.2 Å². The summed E-state index contributed by atoms with van der Waals surface area (Å²) >= 11 is 0. The quantitative estimate of drug-likeness (QED) is 0.353. The Morgan fingerprint density at radius 2 is 2.20 bits per heavy atom. The molecule has 1 N–H and O–H groups in total. The molecule has 5 heteroatoms. The fourth-order valence-corrected chi connectivity index (χ4v) is 1.17. The first-order valence-electron chi connectivity index (χ1n) is 4.27. The van der Waals surface area contributed by atoms with Crippen LogP contribution in [0.1, 0.15) is 5.56 Å². The lowest BCUT2D eigenvalue weighted by atomic mass is 10.1. The second-order valence-corrected chi connectivity index (χ2v) is 2.78. The molecule has 15 heavy (non-hydrogen) atoms. The Bertz CT molecular complexity index is 413. The van der Waals surface area contributed by atoms with Crippen molar-refractivity contribution < 1.29 is 9.72 Å². The number of allylic oxidation sites excluding steroid dienone is 1. The molecule has 0 bridgehead atoms. The molecule has 0 fully saturated rings. The van der Waals surface area contributed by atoms with Crippen molar-refractivity contribution in [3.63, 3.8) is 0 Å². The Labute approximate surface area is 86.6 Å². The number of rotatable bonds is 4. The molecule has 0 aliphatic carbocycles. The van der Waals surface area contributed by atoms with Crippen molar-refractivity contribution >= 4 is 23.7 Å². The van der Waals surface area contributed by atoms with E-state index in [1.807, 2.05) is 0 Å². The summed E-state index contributed by atoms with van der Waals surface area (Å²) in [5.41, 5.74) is 1.06. The van der Waals surface area contributed by atoms with Crippen molar-refractivity contribution in [1.29, 1.82) is 0 Å². The summed E-state index contributed by atoms with van der Waals surface area (Å²) in [6.45, 7) is 0. The van der Waals surface area contributed by atoms with Gasteiger partial charge in [0.05, 0.1) is 4.92 Å². The number of hydrogen-bond acceptors (Lipinski definition) is 4. The summed E-state index contributed by atoms with van der Waals surface area (Å²) in [7, 11) is 1.61. The third-order valence-electron chi connectivity index (χ3n) is 1.86. The van der Waals surface area contributed by atoms with Gasteiger partial charge >= 0.3 is 0 Å². The van der Waals surface area contributed by atoms with Gasteiger partial charge in [0.15, 0.2) is 0 Å². The smallest absolute Gasteiger partial charge is 0.292 e. The molecule has 1 aromatic rings. The van der Waals surface area contributed by atoms with Gasteiger partial charge in [-0.25, -0.2) is 0 Å². The maximum Gasteiger partial charge on any atom is 0.292 e. The molecule has 0 spiro atoms. The van der Waals surface area contributed by atoms with E-state index >= 15 is 0 Å². The second kappa shape index (κ2) is 4.90. The van der Waals surface area contributed by atoms with Crippen LogP contribution in [0.25, 0.3) is 6.08 Å². The predicted molar refractivity (Wildman–Crippen MR) is 57.7 cm³/mol. The van der Waals surface area contributed by atoms with E-state index in [4.69, 9.17) is 0 Å². The van der Waals surface area contributed by atoms with Crippen LogP contribution in [0, 0.1) is 10.1 Å². The molecule has 5 nitrogen and oxygen atoms in total. The SMILES string of the molecule is CNc1ccc(C=CC=O)cc1[N+](=O)[O-]. The highest BCUT2D eigenvalue weighted by atomic mass is 16.6. The molecule has 78 valence electrons. The van der Waals surface area contributed by atoms with E-state index in [9.17, 15) is 14.9 Å². The van der Waals surface area contributed by atoms with Crippen LogP contribution in [-0.2, 0) is 4.79 Å². The van der Waals surface area contributed by atoms with Crippen molar-refractivity contribution in [2.75, 3.05) is 12.4 Å². The normalized spacial score (nSPS) is 10.2. The zero-order valence-corrected chi connectivity index (χ0v) is 8.14. The largest absolute Gasteiger partial charge is 0.383 e. The lowest BCUT2D eigenvalue weighted by Crippen LogP contribution is -1.96. The first-order chi connectivity index (χ1) is 7.19. The molecular formula is C10H10N2O3. The second-order valence-electron chi connectivity index (χ2n) is 2.78. The summed E-state index contributed by atoms with van der Waals surface area (Å²) in [6, 6.07) is 4.70. The molecule has 0 aliphatic rings. The summed E-state index contributed by atoms with van der Waals surface area (Å²) in [4.78, 5) is 20.3. The molecule has 0 aliphatic heterocycles. The van der Waals surface area contributed by atoms with Gasteiger partial charge in [-0.3, -0.25) is 14.9 Å². The van der Waals surface area contributed by atoms with Gasteiger partial charge in [0.2, 0.25) is 0 Å². The van der Waals surface area contributed by atoms with Gasteiger partial charge in [0.25, 0.3) is 5.69 Å². The van der Waals surface area contributed by atoms with Gasteiger partial charge in [0.1, 0.15) is 12.0 Å². The Hall–Kier alpha value is -2.17. The third kappa shape index (κ3) is 2.63. The number of carbonyl (C=O) groups is 1. The number of aldehydes is 1. The van der Waals surface area contributed by atoms with Crippen LogP contribution in [0.4, 0.5) is 11.4 Å². The molecule has 1 aromatic carbocycles. The monoisotopic (exact) mass is 206 g/mol. The van der Waals surface area contributed by atoms with Crippen molar-refractivity contribution in [1.82, 2.24) is 0 Å². The number of benzene rings is 1. The topological polar surface area (TPSA) is 72.2 Å². The van der Waals surface area contributed by atoms with E-state index in [-0.39, 0.29) is 5.69 Å². The van der Waals surface area contributed by atoms with Gasteiger partial charge in [-0.05, 0) is 17.7 Å². The van der Waals surface area contributed by atoms with Crippen LogP contribution in [0.15, 0.2) is 24.3 Å². The average molecular weight is 206 g/mol. The number of nitrogens with zero attached hydrogens (tertiary/aromatic N) is 1. The van der Waals surface area contributed by atoms with E-state index in [0.717, 1.165) is 0 Å². The highest BCUT2D eigenvalue weighted by molar-refractivity contribution is 5.75. The van der Waals surface area contributed by atoms with Gasteiger partial charge < -0.3 is 5.32 Å². The molecule has 0 radical (unpaired) electrons. The molecule has 1 rings (SSSR count). The van der Waals surface area contributed by atoms with Crippen molar-refractivity contribution in [2.24, 2.45) is 0 Å². The number of anilines is 1. The maximum absolute atomic E-state index is 10.7. The number of hydrogen-bond donors (Lipinski definition) is 1. The van der Waals surface area contributed by atoms with Crippen LogP contribution >= 0.6 is 0 Å². The minimum atomic E-state index is -0.468. The van der Waals surface area contributed by atoms with Crippen LogP contribution in [0.3, 0.4) is 0 Å². The van der Waals surface area contributed by atoms with E-state index in [2.05, 4.69) is 5.32 Å². The molecule has 0 aromatic heterocycles. The minimum absolute atomic E-state index is 0.00875. The lowest BCUT2D eigenvalue weighted by molar-refractivity contribution is -0.383. The highest BCUT2D eigenvalue weighted by Crippen LogP contribution is 2.25. The zero-order valence-electron chi connectivity index (χ0n) is 8.14. The van der Waals surface area contributed by atoms with Crippen LogP contribution in [-0.4, -0.2) is 18.3 Å². The Balaban J connectivity index is 3.15. The third-order valence-corrected chi connectivity index (χ3v) is 1.86. The zero-order chi connectivity index (χ0) is 11.3. The molecule has 0 unspecified atom stereocenters. The first kappa shape index (κ1) is 10.9. The number of nitrogens with one attached hydrogen (secondary N) is 1. The summed E-state index contributed by atoms with van der Waals surface area (Å²) in [5, 5.41) is 13.4. The van der Waals surface area contributed by atoms with E-state index in [0.29, 0.717) is 17.5 Å². The summed E-state index contributed by atoms with van der Waals surface area (Å²) < 4.78 is 0. The molecule has 0 atom stereocenters. The fourth-order valence-electron chi connectivity index (χ4n) is 1.17. The molecule has 0 heterocycles. The average Bonchev–Trinajstić information content (AvgIpc) is 2.25. The van der Waals surface area contributed by atoms with E-state index in [1.54, 1.807) is 19.2 Å². The maximum atomic E-state index is 10.7. The number of nitro benzene ring substituents is 1. The van der Waals surface area contributed by atoms with Crippen molar-refractivity contribution in [3.8, 4) is 0 Å². The van der Waals surface area contributed by atoms with E-state index < -0.39 is 4.92 Å². The van der Waals surface area contributed by atoms with Crippen LogP contribution < -0.4 is 5.32 Å². The first-order valence-corrected chi connectivity index (χ1v) is 4.27. The minimum Gasteiger partial charge on any atom is -0.383 e. The van der Waals surface area contributed by atoms with Crippen molar-refractivity contribution in [2.45, 2.75) is 0 Å². The summed E-state index contributed by atoms with van der Waals surface area (Å²) in [5.74, 6) is 0. The van der Waals surface area contributed by atoms with Gasteiger partial charge in [-0.1, -0.05) is 12.1 Å². The highest BCUT2D eigenvalue weighted by Gasteiger charge is 2.11. The molecule has 0 amide bonds. The molecule has 0 saturated heterocycles. The molecule has 0 saturated carbocycles. The number of nitro groups is 1. The Morgan fingerprint density at radius 1 is 1.47 bits per heavy atom. The Morgan fingerprint density at radius 3 is 2.73 bits per heavy atom.